The van der Waals surface area contributed by atoms with E-state index in [0.717, 1.165) is 25.7 Å². The second-order valence-electron chi connectivity index (χ2n) is 7.50. The topological polar surface area (TPSA) is 64.0 Å². The second kappa shape index (κ2) is 11.0. The number of unbranched alkanes of at least 4 members (excludes halogenated alkanes) is 1. The van der Waals surface area contributed by atoms with Crippen molar-refractivity contribution in [2.75, 3.05) is 5.75 Å². The number of thioether (sulfide) groups is 1. The first kappa shape index (κ1) is 22.1. The lowest BCUT2D eigenvalue weighted by Gasteiger charge is -2.15. The van der Waals surface area contributed by atoms with E-state index in [9.17, 15) is 9.59 Å². The van der Waals surface area contributed by atoms with E-state index in [4.69, 9.17) is 0 Å². The molecule has 1 heterocycles. The molecule has 1 N–H and O–H groups in total. The molecule has 6 heteroatoms. The standard InChI is InChI=1S/C24H29N3O2S/c1-3-4-16-27-23(29)20-12-8-9-13-21(20)26-24(27)30-17-22(28)25-18(2)14-15-19-10-6-5-7-11-19/h5-13,18H,3-4,14-17H2,1-2H3,(H,25,28). The van der Waals surface area contributed by atoms with Gasteiger partial charge in [0.1, 0.15) is 0 Å². The lowest BCUT2D eigenvalue weighted by Crippen LogP contribution is -2.34. The Bertz CT molecular complexity index is 1030. The molecular weight excluding hydrogens is 394 g/mol. The first-order valence-electron chi connectivity index (χ1n) is 10.5. The van der Waals surface area contributed by atoms with Gasteiger partial charge >= 0.3 is 0 Å². The van der Waals surface area contributed by atoms with E-state index in [1.54, 1.807) is 4.57 Å². The van der Waals surface area contributed by atoms with Crippen molar-refractivity contribution >= 4 is 28.6 Å². The molecule has 1 atom stereocenters. The van der Waals surface area contributed by atoms with Gasteiger partial charge in [-0.25, -0.2) is 4.98 Å². The van der Waals surface area contributed by atoms with Crippen LogP contribution in [0.15, 0.2) is 64.5 Å². The maximum absolute atomic E-state index is 12.9. The van der Waals surface area contributed by atoms with Crippen molar-refractivity contribution in [3.8, 4) is 0 Å². The summed E-state index contributed by atoms with van der Waals surface area (Å²) in [6.07, 6.45) is 3.70. The van der Waals surface area contributed by atoms with Crippen LogP contribution in [0.4, 0.5) is 0 Å². The van der Waals surface area contributed by atoms with Gasteiger partial charge in [-0.3, -0.25) is 14.2 Å². The van der Waals surface area contributed by atoms with Crippen molar-refractivity contribution in [2.45, 2.75) is 57.3 Å². The maximum atomic E-state index is 12.9. The number of hydrogen-bond donors (Lipinski definition) is 1. The Labute approximate surface area is 181 Å². The van der Waals surface area contributed by atoms with E-state index in [1.165, 1.54) is 17.3 Å². The molecular formula is C24H29N3O2S. The number of nitrogens with one attached hydrogen (secondary N) is 1. The van der Waals surface area contributed by atoms with Gasteiger partial charge in [0, 0.05) is 12.6 Å². The van der Waals surface area contributed by atoms with Crippen LogP contribution in [0, 0.1) is 0 Å². The van der Waals surface area contributed by atoms with Gasteiger partial charge in [-0.1, -0.05) is 67.6 Å². The zero-order chi connectivity index (χ0) is 21.3. The molecule has 30 heavy (non-hydrogen) atoms. The number of nitrogens with zero attached hydrogens (tertiary/aromatic N) is 2. The number of carbonyl (C=O) groups is 1. The highest BCUT2D eigenvalue weighted by molar-refractivity contribution is 7.99. The van der Waals surface area contributed by atoms with Gasteiger partial charge < -0.3 is 5.32 Å². The number of amides is 1. The summed E-state index contributed by atoms with van der Waals surface area (Å²) in [5.41, 5.74) is 1.91. The minimum atomic E-state index is -0.0370. The summed E-state index contributed by atoms with van der Waals surface area (Å²) in [6.45, 7) is 4.73. The molecule has 5 nitrogen and oxygen atoms in total. The molecule has 0 saturated carbocycles. The molecule has 3 rings (SSSR count). The molecule has 0 aliphatic rings. The smallest absolute Gasteiger partial charge is 0.262 e. The number of hydrogen-bond acceptors (Lipinski definition) is 4. The first-order chi connectivity index (χ1) is 14.6. The average Bonchev–Trinajstić information content (AvgIpc) is 2.76. The quantitative estimate of drug-likeness (QED) is 0.387. The van der Waals surface area contributed by atoms with Crippen molar-refractivity contribution in [1.82, 2.24) is 14.9 Å². The molecule has 0 spiro atoms. The predicted octanol–water partition coefficient (Wildman–Crippen LogP) is 4.43. The summed E-state index contributed by atoms with van der Waals surface area (Å²) in [4.78, 5) is 30.0. The summed E-state index contributed by atoms with van der Waals surface area (Å²) in [7, 11) is 0. The van der Waals surface area contributed by atoms with Crippen LogP contribution in [0.5, 0.6) is 0 Å². The fourth-order valence-corrected chi connectivity index (χ4v) is 4.15. The normalized spacial score (nSPS) is 12.1. The Morgan fingerprint density at radius 2 is 1.87 bits per heavy atom. The highest BCUT2D eigenvalue weighted by Crippen LogP contribution is 2.18. The molecule has 0 radical (unpaired) electrons. The van der Waals surface area contributed by atoms with Gasteiger partial charge in [0.2, 0.25) is 5.91 Å². The summed E-state index contributed by atoms with van der Waals surface area (Å²) in [5, 5.41) is 4.29. The number of rotatable bonds is 10. The average molecular weight is 424 g/mol. The summed E-state index contributed by atoms with van der Waals surface area (Å²) in [6, 6.07) is 17.7. The number of fused-ring (bicyclic) bond motifs is 1. The van der Waals surface area contributed by atoms with Crippen LogP contribution in [0.3, 0.4) is 0 Å². The van der Waals surface area contributed by atoms with Crippen LogP contribution >= 0.6 is 11.8 Å². The van der Waals surface area contributed by atoms with Crippen molar-refractivity contribution in [3.63, 3.8) is 0 Å². The molecule has 2 aromatic carbocycles. The third kappa shape index (κ3) is 5.95. The van der Waals surface area contributed by atoms with Crippen molar-refractivity contribution in [1.29, 1.82) is 0 Å². The minimum Gasteiger partial charge on any atom is -0.353 e. The number of aromatic nitrogens is 2. The van der Waals surface area contributed by atoms with Gasteiger partial charge in [0.05, 0.1) is 16.7 Å². The van der Waals surface area contributed by atoms with Gasteiger partial charge in [-0.05, 0) is 43.9 Å². The lowest BCUT2D eigenvalue weighted by atomic mass is 10.1. The Hall–Kier alpha value is -2.60. The van der Waals surface area contributed by atoms with E-state index >= 15 is 0 Å². The van der Waals surface area contributed by atoms with Crippen molar-refractivity contribution in [3.05, 3.63) is 70.5 Å². The van der Waals surface area contributed by atoms with Crippen LogP contribution in [-0.4, -0.2) is 27.3 Å². The molecule has 0 fully saturated rings. The Balaban J connectivity index is 1.62. The minimum absolute atomic E-state index is 0.0341. The maximum Gasteiger partial charge on any atom is 0.262 e. The Kier molecular flexibility index (Phi) is 8.08. The molecule has 3 aromatic rings. The SMILES string of the molecule is CCCCn1c(SCC(=O)NC(C)CCc2ccccc2)nc2ccccc2c1=O. The van der Waals surface area contributed by atoms with E-state index in [-0.39, 0.29) is 23.3 Å². The number of para-hydroxylation sites is 1. The number of benzene rings is 2. The Morgan fingerprint density at radius 1 is 1.13 bits per heavy atom. The fourth-order valence-electron chi connectivity index (χ4n) is 3.32. The lowest BCUT2D eigenvalue weighted by molar-refractivity contribution is -0.119. The van der Waals surface area contributed by atoms with Crippen LogP contribution in [0.2, 0.25) is 0 Å². The van der Waals surface area contributed by atoms with Crippen LogP contribution in [-0.2, 0) is 17.8 Å². The highest BCUT2D eigenvalue weighted by atomic mass is 32.2. The second-order valence-corrected chi connectivity index (χ2v) is 8.45. The van der Waals surface area contributed by atoms with Crippen LogP contribution in [0.25, 0.3) is 10.9 Å². The summed E-state index contributed by atoms with van der Waals surface area (Å²) in [5.74, 6) is 0.206. The monoisotopic (exact) mass is 423 g/mol. The molecule has 1 unspecified atom stereocenters. The predicted molar refractivity (Wildman–Crippen MR) is 124 cm³/mol. The van der Waals surface area contributed by atoms with E-state index in [0.29, 0.717) is 22.6 Å². The molecule has 0 saturated heterocycles. The van der Waals surface area contributed by atoms with E-state index in [1.807, 2.05) is 49.4 Å². The van der Waals surface area contributed by atoms with Crippen molar-refractivity contribution in [2.24, 2.45) is 0 Å². The van der Waals surface area contributed by atoms with Crippen LogP contribution < -0.4 is 10.9 Å². The largest absolute Gasteiger partial charge is 0.353 e. The first-order valence-corrected chi connectivity index (χ1v) is 11.5. The zero-order valence-corrected chi connectivity index (χ0v) is 18.5. The third-order valence-electron chi connectivity index (χ3n) is 5.01. The molecule has 0 aliphatic carbocycles. The van der Waals surface area contributed by atoms with Gasteiger partial charge in [-0.2, -0.15) is 0 Å². The molecule has 158 valence electrons. The summed E-state index contributed by atoms with van der Waals surface area (Å²) >= 11 is 1.33. The van der Waals surface area contributed by atoms with Gasteiger partial charge in [0.15, 0.2) is 5.16 Å². The third-order valence-corrected chi connectivity index (χ3v) is 5.99. The van der Waals surface area contributed by atoms with E-state index < -0.39 is 0 Å². The van der Waals surface area contributed by atoms with Gasteiger partial charge in [0.25, 0.3) is 5.56 Å². The molecule has 0 bridgehead atoms. The Morgan fingerprint density at radius 3 is 2.63 bits per heavy atom. The number of aryl methyl sites for hydroxylation is 1. The molecule has 1 amide bonds. The molecule has 0 aliphatic heterocycles. The zero-order valence-electron chi connectivity index (χ0n) is 17.6. The van der Waals surface area contributed by atoms with E-state index in [2.05, 4.69) is 29.4 Å². The van der Waals surface area contributed by atoms with Crippen LogP contribution in [0.1, 0.15) is 38.7 Å². The van der Waals surface area contributed by atoms with Gasteiger partial charge in [-0.15, -0.1) is 0 Å². The molecule has 1 aromatic heterocycles. The van der Waals surface area contributed by atoms with Crippen molar-refractivity contribution < 1.29 is 4.79 Å². The summed E-state index contributed by atoms with van der Waals surface area (Å²) < 4.78 is 1.71. The fraction of sp³-hybridized carbons (Fsp3) is 0.375. The number of carbonyl (C=O) groups excluding carboxylic acids is 1. The highest BCUT2D eigenvalue weighted by Gasteiger charge is 2.14.